The lowest BCUT2D eigenvalue weighted by Gasteiger charge is -2.45. The quantitative estimate of drug-likeness (QED) is 0.934. The number of fused-ring (bicyclic) bond motifs is 2. The van der Waals surface area contributed by atoms with Crippen molar-refractivity contribution in [1.29, 1.82) is 0 Å². The SMILES string of the molecule is CCOC(=O)NCC1CC2c3cccc4c3c(cn4C)CC2N(C)C1. The van der Waals surface area contributed by atoms with Gasteiger partial charge in [-0.05, 0) is 49.9 Å². The monoisotopic (exact) mass is 341 g/mol. The minimum atomic E-state index is -0.302. The van der Waals surface area contributed by atoms with Gasteiger partial charge < -0.3 is 19.5 Å². The molecule has 3 unspecified atom stereocenters. The number of hydrogen-bond donors (Lipinski definition) is 1. The zero-order chi connectivity index (χ0) is 17.6. The first-order chi connectivity index (χ1) is 12.1. The molecule has 2 aliphatic rings. The Morgan fingerprint density at radius 2 is 2.20 bits per heavy atom. The molecular formula is C20H27N3O2. The molecule has 2 aromatic rings. The van der Waals surface area contributed by atoms with Crippen LogP contribution in [0.25, 0.3) is 10.9 Å². The minimum Gasteiger partial charge on any atom is -0.450 e. The van der Waals surface area contributed by atoms with Crippen LogP contribution in [0, 0.1) is 5.92 Å². The number of likely N-dealkylation sites (N-methyl/N-ethyl adjacent to an activating group) is 1. The normalized spacial score (nSPS) is 25.6. The van der Waals surface area contributed by atoms with E-state index in [4.69, 9.17) is 4.74 Å². The number of nitrogens with one attached hydrogen (secondary N) is 1. The minimum absolute atomic E-state index is 0.302. The van der Waals surface area contributed by atoms with E-state index in [9.17, 15) is 4.79 Å². The summed E-state index contributed by atoms with van der Waals surface area (Å²) in [6.45, 7) is 3.95. The average Bonchev–Trinajstić information content (AvgIpc) is 2.92. The van der Waals surface area contributed by atoms with E-state index in [1.165, 1.54) is 22.0 Å². The van der Waals surface area contributed by atoms with E-state index in [-0.39, 0.29) is 6.09 Å². The van der Waals surface area contributed by atoms with Crippen LogP contribution in [0.15, 0.2) is 24.4 Å². The number of nitrogens with zero attached hydrogens (tertiary/aromatic N) is 2. The fraction of sp³-hybridized carbons (Fsp3) is 0.550. The Labute approximate surface area is 148 Å². The molecule has 0 bridgehead atoms. The predicted octanol–water partition coefficient (Wildman–Crippen LogP) is 2.88. The summed E-state index contributed by atoms with van der Waals surface area (Å²) in [5.74, 6) is 0.988. The van der Waals surface area contributed by atoms with Gasteiger partial charge in [-0.15, -0.1) is 0 Å². The van der Waals surface area contributed by atoms with Gasteiger partial charge in [0, 0.05) is 49.2 Å². The number of ether oxygens (including phenoxy) is 1. The molecule has 1 fully saturated rings. The summed E-state index contributed by atoms with van der Waals surface area (Å²) < 4.78 is 7.25. The smallest absolute Gasteiger partial charge is 0.407 e. The highest BCUT2D eigenvalue weighted by Crippen LogP contribution is 2.44. The number of benzene rings is 1. The maximum atomic E-state index is 11.6. The first kappa shape index (κ1) is 16.5. The van der Waals surface area contributed by atoms with Crippen molar-refractivity contribution in [1.82, 2.24) is 14.8 Å². The third kappa shape index (κ3) is 2.80. The molecule has 1 aliphatic heterocycles. The average molecular weight is 341 g/mol. The summed E-state index contributed by atoms with van der Waals surface area (Å²) in [5, 5.41) is 4.38. The molecule has 3 atom stereocenters. The highest BCUT2D eigenvalue weighted by molar-refractivity contribution is 5.89. The summed E-state index contributed by atoms with van der Waals surface area (Å²) in [4.78, 5) is 14.1. The Morgan fingerprint density at radius 1 is 1.36 bits per heavy atom. The molecule has 0 radical (unpaired) electrons. The Kier molecular flexibility index (Phi) is 4.20. The maximum absolute atomic E-state index is 11.6. The van der Waals surface area contributed by atoms with Gasteiger partial charge in [-0.25, -0.2) is 4.79 Å². The van der Waals surface area contributed by atoms with E-state index in [0.717, 1.165) is 19.4 Å². The molecule has 1 amide bonds. The lowest BCUT2D eigenvalue weighted by Crippen LogP contribution is -2.50. The summed E-state index contributed by atoms with van der Waals surface area (Å²) >= 11 is 0. The van der Waals surface area contributed by atoms with Crippen molar-refractivity contribution in [2.75, 3.05) is 26.7 Å². The van der Waals surface area contributed by atoms with Crippen molar-refractivity contribution < 1.29 is 9.53 Å². The van der Waals surface area contributed by atoms with Gasteiger partial charge in [0.25, 0.3) is 0 Å². The van der Waals surface area contributed by atoms with Crippen molar-refractivity contribution in [3.63, 3.8) is 0 Å². The topological polar surface area (TPSA) is 46.5 Å². The maximum Gasteiger partial charge on any atom is 0.407 e. The Hall–Kier alpha value is -2.01. The zero-order valence-corrected chi connectivity index (χ0v) is 15.3. The van der Waals surface area contributed by atoms with Crippen molar-refractivity contribution in [3.05, 3.63) is 35.5 Å². The lowest BCUT2D eigenvalue weighted by molar-refractivity contribution is 0.106. The number of aryl methyl sites for hydroxylation is 1. The fourth-order valence-electron chi connectivity index (χ4n) is 4.89. The molecule has 5 nitrogen and oxygen atoms in total. The molecule has 5 heteroatoms. The molecule has 1 aromatic carbocycles. The third-order valence-electron chi connectivity index (χ3n) is 5.93. The molecule has 0 saturated carbocycles. The van der Waals surface area contributed by atoms with Gasteiger partial charge in [0.15, 0.2) is 0 Å². The zero-order valence-electron chi connectivity index (χ0n) is 15.3. The Balaban J connectivity index is 1.59. The van der Waals surface area contributed by atoms with Crippen LogP contribution in [0.5, 0.6) is 0 Å². The van der Waals surface area contributed by atoms with Crippen molar-refractivity contribution in [2.24, 2.45) is 13.0 Å². The molecule has 2 heterocycles. The standard InChI is InChI=1S/C20H27N3O2/c1-4-25-20(24)21-10-13-8-16-15-6-5-7-17-19(15)14(12-23(17)3)9-18(16)22(2)11-13/h5-7,12-13,16,18H,4,8-11H2,1-3H3,(H,21,24). The predicted molar refractivity (Wildman–Crippen MR) is 98.9 cm³/mol. The first-order valence-electron chi connectivity index (χ1n) is 9.26. The highest BCUT2D eigenvalue weighted by Gasteiger charge is 2.39. The number of rotatable bonds is 3. The Bertz CT molecular complexity index is 798. The second-order valence-corrected chi connectivity index (χ2v) is 7.53. The van der Waals surface area contributed by atoms with Crippen molar-refractivity contribution in [3.8, 4) is 0 Å². The van der Waals surface area contributed by atoms with Crippen LogP contribution in [-0.4, -0.2) is 48.3 Å². The number of aromatic nitrogens is 1. The van der Waals surface area contributed by atoms with Crippen LogP contribution in [-0.2, 0) is 18.2 Å². The third-order valence-corrected chi connectivity index (χ3v) is 5.93. The van der Waals surface area contributed by atoms with Crippen LogP contribution in [0.4, 0.5) is 4.79 Å². The highest BCUT2D eigenvalue weighted by atomic mass is 16.5. The van der Waals surface area contributed by atoms with E-state index in [2.05, 4.69) is 53.3 Å². The van der Waals surface area contributed by atoms with E-state index >= 15 is 0 Å². The molecule has 25 heavy (non-hydrogen) atoms. The van der Waals surface area contributed by atoms with Gasteiger partial charge >= 0.3 is 6.09 Å². The fourth-order valence-corrected chi connectivity index (χ4v) is 4.89. The molecule has 134 valence electrons. The van der Waals surface area contributed by atoms with Gasteiger partial charge in [-0.3, -0.25) is 0 Å². The van der Waals surface area contributed by atoms with E-state index < -0.39 is 0 Å². The summed E-state index contributed by atoms with van der Waals surface area (Å²) in [6.07, 6.45) is 4.23. The number of amides is 1. The number of hydrogen-bond acceptors (Lipinski definition) is 3. The first-order valence-corrected chi connectivity index (χ1v) is 9.26. The molecule has 4 rings (SSSR count). The van der Waals surface area contributed by atoms with Gasteiger partial charge in [-0.1, -0.05) is 12.1 Å². The van der Waals surface area contributed by atoms with Crippen LogP contribution in [0.1, 0.15) is 30.4 Å². The van der Waals surface area contributed by atoms with Crippen molar-refractivity contribution in [2.45, 2.75) is 31.7 Å². The van der Waals surface area contributed by atoms with Crippen LogP contribution < -0.4 is 5.32 Å². The summed E-state index contributed by atoms with van der Waals surface area (Å²) in [6, 6.07) is 7.26. The second kappa shape index (κ2) is 6.37. The molecular weight excluding hydrogens is 314 g/mol. The number of carbonyl (C=O) groups excluding carboxylic acids is 1. The summed E-state index contributed by atoms with van der Waals surface area (Å²) in [5.41, 5.74) is 4.29. The number of likely N-dealkylation sites (tertiary alicyclic amines) is 1. The van der Waals surface area contributed by atoms with Gasteiger partial charge in [0.05, 0.1) is 6.61 Å². The van der Waals surface area contributed by atoms with E-state index in [1.807, 2.05) is 6.92 Å². The Morgan fingerprint density at radius 3 is 3.00 bits per heavy atom. The second-order valence-electron chi connectivity index (χ2n) is 7.53. The molecule has 1 aliphatic carbocycles. The van der Waals surface area contributed by atoms with Crippen LogP contribution in [0.2, 0.25) is 0 Å². The number of piperidine rings is 1. The molecule has 0 spiro atoms. The van der Waals surface area contributed by atoms with E-state index in [1.54, 1.807) is 0 Å². The van der Waals surface area contributed by atoms with Gasteiger partial charge in [0.2, 0.25) is 0 Å². The van der Waals surface area contributed by atoms with Crippen molar-refractivity contribution >= 4 is 17.0 Å². The largest absolute Gasteiger partial charge is 0.450 e. The molecule has 1 N–H and O–H groups in total. The summed E-state index contributed by atoms with van der Waals surface area (Å²) in [7, 11) is 4.36. The number of alkyl carbamates (subject to hydrolysis) is 1. The van der Waals surface area contributed by atoms with Crippen LogP contribution >= 0.6 is 0 Å². The van der Waals surface area contributed by atoms with E-state index in [0.29, 0.717) is 31.0 Å². The van der Waals surface area contributed by atoms with Crippen LogP contribution in [0.3, 0.4) is 0 Å². The number of carbonyl (C=O) groups is 1. The lowest BCUT2D eigenvalue weighted by atomic mass is 9.72. The molecule has 1 aromatic heterocycles. The molecule has 1 saturated heterocycles. The van der Waals surface area contributed by atoms with Gasteiger partial charge in [0.1, 0.15) is 0 Å². The van der Waals surface area contributed by atoms with Gasteiger partial charge in [-0.2, -0.15) is 0 Å².